The van der Waals surface area contributed by atoms with Gasteiger partial charge in [0.05, 0.1) is 11.3 Å². The molecule has 6 heteroatoms. The fraction of sp³-hybridized carbons (Fsp3) is 0. The van der Waals surface area contributed by atoms with Gasteiger partial charge in [0.15, 0.2) is 11.5 Å². The molecular formula is C10H8N6. The molecule has 0 aromatic carbocycles. The molecule has 0 saturated carbocycles. The van der Waals surface area contributed by atoms with Crippen molar-refractivity contribution in [3.05, 3.63) is 37.1 Å². The maximum atomic E-state index is 5.85. The number of rotatable bonds is 1. The number of anilines is 1. The van der Waals surface area contributed by atoms with Crippen LogP contribution in [0.3, 0.4) is 0 Å². The van der Waals surface area contributed by atoms with Crippen LogP contribution in [0.5, 0.6) is 0 Å². The van der Waals surface area contributed by atoms with E-state index in [1.54, 1.807) is 35.2 Å². The van der Waals surface area contributed by atoms with Gasteiger partial charge in [-0.15, -0.1) is 5.10 Å². The molecule has 16 heavy (non-hydrogen) atoms. The normalized spacial score (nSPS) is 10.8. The van der Waals surface area contributed by atoms with E-state index in [9.17, 15) is 0 Å². The first-order valence-corrected chi connectivity index (χ1v) is 4.71. The van der Waals surface area contributed by atoms with E-state index >= 15 is 0 Å². The Balaban J connectivity index is 2.35. The Morgan fingerprint density at radius 1 is 1.19 bits per heavy atom. The van der Waals surface area contributed by atoms with Crippen LogP contribution in [-0.4, -0.2) is 24.6 Å². The average molecular weight is 212 g/mol. The molecule has 0 unspecified atom stereocenters. The van der Waals surface area contributed by atoms with Gasteiger partial charge in [-0.2, -0.15) is 0 Å². The Morgan fingerprint density at radius 2 is 2.12 bits per heavy atom. The Labute approximate surface area is 90.8 Å². The molecule has 0 amide bonds. The van der Waals surface area contributed by atoms with Crippen LogP contribution in [0.2, 0.25) is 0 Å². The van der Waals surface area contributed by atoms with Crippen molar-refractivity contribution < 1.29 is 0 Å². The quantitative estimate of drug-likeness (QED) is 0.644. The van der Waals surface area contributed by atoms with Gasteiger partial charge in [-0.1, -0.05) is 0 Å². The van der Waals surface area contributed by atoms with Gasteiger partial charge in [0, 0.05) is 18.6 Å². The molecule has 0 atom stereocenters. The van der Waals surface area contributed by atoms with E-state index < -0.39 is 0 Å². The number of nitrogen functional groups attached to an aromatic ring is 1. The summed E-state index contributed by atoms with van der Waals surface area (Å²) in [5.41, 5.74) is 8.01. The summed E-state index contributed by atoms with van der Waals surface area (Å²) < 4.78 is 1.63. The van der Waals surface area contributed by atoms with Crippen molar-refractivity contribution in [2.75, 3.05) is 5.73 Å². The summed E-state index contributed by atoms with van der Waals surface area (Å²) in [5.74, 6) is 0.414. The van der Waals surface area contributed by atoms with Gasteiger partial charge < -0.3 is 5.73 Å². The highest BCUT2D eigenvalue weighted by molar-refractivity contribution is 5.83. The third kappa shape index (κ3) is 1.20. The standard InChI is InChI=1S/C10H8N6/c11-9-8(7-2-4-12-6-14-7)10-13-3-1-5-16(10)15-9/h1-6H,(H2,11,15). The Bertz CT molecular complexity index is 630. The molecule has 0 aliphatic carbocycles. The topological polar surface area (TPSA) is 82.0 Å². The van der Waals surface area contributed by atoms with Crippen molar-refractivity contribution >= 4 is 11.5 Å². The van der Waals surface area contributed by atoms with E-state index in [-0.39, 0.29) is 0 Å². The lowest BCUT2D eigenvalue weighted by Gasteiger charge is -1.97. The van der Waals surface area contributed by atoms with E-state index in [1.165, 1.54) is 6.33 Å². The molecule has 0 radical (unpaired) electrons. The number of nitrogens with two attached hydrogens (primary N) is 1. The molecule has 3 aromatic heterocycles. The van der Waals surface area contributed by atoms with Crippen LogP contribution in [0, 0.1) is 0 Å². The van der Waals surface area contributed by atoms with Crippen molar-refractivity contribution in [1.82, 2.24) is 24.6 Å². The monoisotopic (exact) mass is 212 g/mol. The molecule has 78 valence electrons. The Kier molecular flexibility index (Phi) is 1.79. The molecule has 3 heterocycles. The van der Waals surface area contributed by atoms with Crippen LogP contribution in [-0.2, 0) is 0 Å². The van der Waals surface area contributed by atoms with E-state index in [0.717, 1.165) is 11.3 Å². The smallest absolute Gasteiger partial charge is 0.166 e. The number of hydrogen-bond donors (Lipinski definition) is 1. The van der Waals surface area contributed by atoms with Crippen LogP contribution in [0.25, 0.3) is 16.9 Å². The van der Waals surface area contributed by atoms with Crippen LogP contribution in [0.1, 0.15) is 0 Å². The summed E-state index contributed by atoms with van der Waals surface area (Å²) in [6.45, 7) is 0. The van der Waals surface area contributed by atoms with Gasteiger partial charge in [0.25, 0.3) is 0 Å². The SMILES string of the molecule is Nc1nn2cccnc2c1-c1ccncn1. The zero-order chi connectivity index (χ0) is 11.0. The highest BCUT2D eigenvalue weighted by Gasteiger charge is 2.13. The third-order valence-corrected chi connectivity index (χ3v) is 2.26. The van der Waals surface area contributed by atoms with Gasteiger partial charge in [0.2, 0.25) is 0 Å². The third-order valence-electron chi connectivity index (χ3n) is 2.26. The minimum atomic E-state index is 0.414. The van der Waals surface area contributed by atoms with Crippen LogP contribution < -0.4 is 5.73 Å². The minimum Gasteiger partial charge on any atom is -0.382 e. The van der Waals surface area contributed by atoms with Gasteiger partial charge >= 0.3 is 0 Å². The van der Waals surface area contributed by atoms with Gasteiger partial charge in [-0.25, -0.2) is 19.5 Å². The summed E-state index contributed by atoms with van der Waals surface area (Å²) in [6.07, 6.45) is 6.62. The van der Waals surface area contributed by atoms with Crippen molar-refractivity contribution in [2.24, 2.45) is 0 Å². The first-order valence-electron chi connectivity index (χ1n) is 4.71. The molecule has 0 spiro atoms. The maximum Gasteiger partial charge on any atom is 0.166 e. The number of aromatic nitrogens is 5. The largest absolute Gasteiger partial charge is 0.382 e. The number of fused-ring (bicyclic) bond motifs is 1. The van der Waals surface area contributed by atoms with E-state index in [2.05, 4.69) is 20.1 Å². The number of hydrogen-bond acceptors (Lipinski definition) is 5. The highest BCUT2D eigenvalue weighted by atomic mass is 15.3. The molecule has 2 N–H and O–H groups in total. The zero-order valence-corrected chi connectivity index (χ0v) is 8.28. The second-order valence-electron chi connectivity index (χ2n) is 3.24. The highest BCUT2D eigenvalue weighted by Crippen LogP contribution is 2.26. The van der Waals surface area contributed by atoms with Gasteiger partial charge in [-0.05, 0) is 12.1 Å². The lowest BCUT2D eigenvalue weighted by atomic mass is 10.2. The molecule has 0 fully saturated rings. The summed E-state index contributed by atoms with van der Waals surface area (Å²) in [6, 6.07) is 3.57. The molecular weight excluding hydrogens is 204 g/mol. The summed E-state index contributed by atoms with van der Waals surface area (Å²) >= 11 is 0. The maximum absolute atomic E-state index is 5.85. The molecule has 0 bridgehead atoms. The van der Waals surface area contributed by atoms with E-state index in [4.69, 9.17) is 5.73 Å². The molecule has 6 nitrogen and oxygen atoms in total. The van der Waals surface area contributed by atoms with Crippen molar-refractivity contribution in [2.45, 2.75) is 0 Å². The fourth-order valence-corrected chi connectivity index (χ4v) is 1.59. The van der Waals surface area contributed by atoms with E-state index in [0.29, 0.717) is 11.5 Å². The predicted octanol–water partition coefficient (Wildman–Crippen LogP) is 0.768. The first-order chi connectivity index (χ1) is 7.86. The molecule has 0 aliphatic rings. The molecule has 3 aromatic rings. The fourth-order valence-electron chi connectivity index (χ4n) is 1.59. The molecule has 0 aliphatic heterocycles. The average Bonchev–Trinajstić information content (AvgIpc) is 2.66. The summed E-state index contributed by atoms with van der Waals surface area (Å²) in [4.78, 5) is 12.3. The minimum absolute atomic E-state index is 0.414. The Hall–Kier alpha value is -2.50. The van der Waals surface area contributed by atoms with Crippen molar-refractivity contribution in [1.29, 1.82) is 0 Å². The zero-order valence-electron chi connectivity index (χ0n) is 8.28. The van der Waals surface area contributed by atoms with Crippen LogP contribution in [0.4, 0.5) is 5.82 Å². The second-order valence-corrected chi connectivity index (χ2v) is 3.24. The predicted molar refractivity (Wildman–Crippen MR) is 58.4 cm³/mol. The van der Waals surface area contributed by atoms with Gasteiger partial charge in [-0.3, -0.25) is 0 Å². The lowest BCUT2D eigenvalue weighted by molar-refractivity contribution is 0.945. The number of nitrogens with zero attached hydrogens (tertiary/aromatic N) is 5. The summed E-state index contributed by atoms with van der Waals surface area (Å²) in [7, 11) is 0. The van der Waals surface area contributed by atoms with Crippen molar-refractivity contribution in [3.8, 4) is 11.3 Å². The van der Waals surface area contributed by atoms with E-state index in [1.807, 2.05) is 0 Å². The molecule has 0 saturated heterocycles. The van der Waals surface area contributed by atoms with Crippen LogP contribution >= 0.6 is 0 Å². The van der Waals surface area contributed by atoms with Crippen LogP contribution in [0.15, 0.2) is 37.1 Å². The van der Waals surface area contributed by atoms with Crippen molar-refractivity contribution in [3.63, 3.8) is 0 Å². The Morgan fingerprint density at radius 3 is 2.94 bits per heavy atom. The second kappa shape index (κ2) is 3.27. The van der Waals surface area contributed by atoms with Gasteiger partial charge in [0.1, 0.15) is 6.33 Å². The summed E-state index contributed by atoms with van der Waals surface area (Å²) in [5, 5.41) is 4.16. The first kappa shape index (κ1) is 8.78. The molecule has 3 rings (SSSR count). The lowest BCUT2D eigenvalue weighted by Crippen LogP contribution is -1.90.